The summed E-state index contributed by atoms with van der Waals surface area (Å²) < 4.78 is 0. The highest BCUT2D eigenvalue weighted by Gasteiger charge is 2.55. The lowest BCUT2D eigenvalue weighted by Gasteiger charge is -2.39. The zero-order valence-electron chi connectivity index (χ0n) is 11.1. The van der Waals surface area contributed by atoms with Gasteiger partial charge < -0.3 is 5.11 Å². The molecule has 0 amide bonds. The molecular weight excluding hydrogens is 226 g/mol. The summed E-state index contributed by atoms with van der Waals surface area (Å²) in [4.78, 5) is 16.6. The van der Waals surface area contributed by atoms with Crippen molar-refractivity contribution in [3.8, 4) is 0 Å². The van der Waals surface area contributed by atoms with Crippen molar-refractivity contribution in [2.75, 3.05) is 0 Å². The van der Waals surface area contributed by atoms with E-state index in [1.165, 1.54) is 0 Å². The zero-order valence-corrected chi connectivity index (χ0v) is 11.1. The van der Waals surface area contributed by atoms with Crippen LogP contribution < -0.4 is 0 Å². The van der Waals surface area contributed by atoms with Gasteiger partial charge in [0, 0.05) is 29.8 Å². The molecule has 0 spiro atoms. The summed E-state index contributed by atoms with van der Waals surface area (Å²) in [6, 6.07) is 1.79. The topological polar surface area (TPSA) is 50.2 Å². The fourth-order valence-electron chi connectivity index (χ4n) is 3.86. The molecule has 0 bridgehead atoms. The summed E-state index contributed by atoms with van der Waals surface area (Å²) >= 11 is 0. The van der Waals surface area contributed by atoms with Crippen LogP contribution in [0.25, 0.3) is 0 Å². The standard InChI is InChI=1S/C15H19NO2/c1-14(2)6-9-12(7-14)15(3,18)11-4-5-16-8-10(11)13(9)17/h4-5,8-9,12,18H,6-7H2,1-3H3. The summed E-state index contributed by atoms with van der Waals surface area (Å²) in [5.41, 5.74) is 0.581. The van der Waals surface area contributed by atoms with Crippen molar-refractivity contribution in [2.45, 2.75) is 39.2 Å². The van der Waals surface area contributed by atoms with Gasteiger partial charge >= 0.3 is 0 Å². The molecule has 1 saturated carbocycles. The molecular formula is C15H19NO2. The molecule has 2 aliphatic carbocycles. The Labute approximate surface area is 107 Å². The molecule has 2 aliphatic rings. The molecule has 96 valence electrons. The molecule has 3 atom stereocenters. The fourth-order valence-corrected chi connectivity index (χ4v) is 3.86. The van der Waals surface area contributed by atoms with Crippen LogP contribution in [0.3, 0.4) is 0 Å². The van der Waals surface area contributed by atoms with Crippen LogP contribution >= 0.6 is 0 Å². The van der Waals surface area contributed by atoms with E-state index in [0.717, 1.165) is 18.4 Å². The van der Waals surface area contributed by atoms with E-state index >= 15 is 0 Å². The van der Waals surface area contributed by atoms with Gasteiger partial charge in [-0.15, -0.1) is 0 Å². The average molecular weight is 245 g/mol. The van der Waals surface area contributed by atoms with E-state index in [2.05, 4.69) is 18.8 Å². The van der Waals surface area contributed by atoms with E-state index in [0.29, 0.717) is 5.56 Å². The van der Waals surface area contributed by atoms with Crippen molar-refractivity contribution in [1.29, 1.82) is 0 Å². The lowest BCUT2D eigenvalue weighted by atomic mass is 9.68. The number of nitrogens with zero attached hydrogens (tertiary/aromatic N) is 1. The van der Waals surface area contributed by atoms with Crippen molar-refractivity contribution in [3.63, 3.8) is 0 Å². The minimum Gasteiger partial charge on any atom is -0.385 e. The Morgan fingerprint density at radius 2 is 2.06 bits per heavy atom. The number of carbonyl (C=O) groups excluding carboxylic acids is 1. The number of hydrogen-bond donors (Lipinski definition) is 1. The Morgan fingerprint density at radius 3 is 2.78 bits per heavy atom. The average Bonchev–Trinajstić information content (AvgIpc) is 2.64. The molecule has 1 fully saturated rings. The Balaban J connectivity index is 2.16. The van der Waals surface area contributed by atoms with Crippen molar-refractivity contribution in [2.24, 2.45) is 17.3 Å². The zero-order chi connectivity index (χ0) is 13.1. The quantitative estimate of drug-likeness (QED) is 0.764. The van der Waals surface area contributed by atoms with E-state index < -0.39 is 5.60 Å². The van der Waals surface area contributed by atoms with Crippen molar-refractivity contribution >= 4 is 5.78 Å². The highest BCUT2D eigenvalue weighted by Crippen LogP contribution is 2.55. The van der Waals surface area contributed by atoms with Gasteiger partial charge in [0.1, 0.15) is 0 Å². The van der Waals surface area contributed by atoms with Crippen molar-refractivity contribution < 1.29 is 9.90 Å². The van der Waals surface area contributed by atoms with Crippen molar-refractivity contribution in [3.05, 3.63) is 29.6 Å². The second-order valence-electron chi connectivity index (χ2n) is 6.72. The molecule has 3 unspecified atom stereocenters. The SMILES string of the molecule is CC1(C)CC2C(=O)c3cnccc3C(C)(O)C2C1. The Bertz CT molecular complexity index is 519. The molecule has 0 aliphatic heterocycles. The molecule has 1 heterocycles. The van der Waals surface area contributed by atoms with E-state index in [1.54, 1.807) is 18.5 Å². The number of ketones is 1. The number of fused-ring (bicyclic) bond motifs is 2. The number of aromatic nitrogens is 1. The molecule has 1 N–H and O–H groups in total. The summed E-state index contributed by atoms with van der Waals surface area (Å²) in [5, 5.41) is 10.9. The van der Waals surface area contributed by atoms with Gasteiger partial charge in [-0.25, -0.2) is 0 Å². The van der Waals surface area contributed by atoms with Crippen molar-refractivity contribution in [1.82, 2.24) is 4.98 Å². The Morgan fingerprint density at radius 1 is 1.33 bits per heavy atom. The number of rotatable bonds is 0. The first-order valence-electron chi connectivity index (χ1n) is 6.54. The lowest BCUT2D eigenvalue weighted by Crippen LogP contribution is -2.43. The van der Waals surface area contributed by atoms with Gasteiger partial charge in [0.15, 0.2) is 5.78 Å². The molecule has 3 rings (SSSR count). The fraction of sp³-hybridized carbons (Fsp3) is 0.600. The monoisotopic (exact) mass is 245 g/mol. The summed E-state index contributed by atoms with van der Waals surface area (Å²) in [6.45, 7) is 6.20. The predicted molar refractivity (Wildman–Crippen MR) is 68.1 cm³/mol. The number of carbonyl (C=O) groups is 1. The van der Waals surface area contributed by atoms with Crippen LogP contribution in [0.1, 0.15) is 49.5 Å². The largest absolute Gasteiger partial charge is 0.385 e. The molecule has 18 heavy (non-hydrogen) atoms. The van der Waals surface area contributed by atoms with Crippen LogP contribution in [0.5, 0.6) is 0 Å². The maximum absolute atomic E-state index is 12.5. The smallest absolute Gasteiger partial charge is 0.168 e. The molecule has 1 aromatic heterocycles. The number of aliphatic hydroxyl groups is 1. The highest BCUT2D eigenvalue weighted by molar-refractivity contribution is 6.01. The lowest BCUT2D eigenvalue weighted by molar-refractivity contribution is -0.0280. The van der Waals surface area contributed by atoms with Crippen LogP contribution in [0.15, 0.2) is 18.5 Å². The third-order valence-electron chi connectivity index (χ3n) is 4.72. The first-order chi connectivity index (χ1) is 8.33. The van der Waals surface area contributed by atoms with E-state index in [-0.39, 0.29) is 23.0 Å². The van der Waals surface area contributed by atoms with Gasteiger partial charge in [0.05, 0.1) is 5.60 Å². The van der Waals surface area contributed by atoms with Gasteiger partial charge in [-0.2, -0.15) is 0 Å². The second-order valence-corrected chi connectivity index (χ2v) is 6.72. The predicted octanol–water partition coefficient (Wildman–Crippen LogP) is 2.54. The molecule has 3 nitrogen and oxygen atoms in total. The maximum Gasteiger partial charge on any atom is 0.168 e. The van der Waals surface area contributed by atoms with E-state index in [9.17, 15) is 9.90 Å². The molecule has 1 aromatic rings. The third-order valence-corrected chi connectivity index (χ3v) is 4.72. The minimum absolute atomic E-state index is 0.0369. The molecule has 0 aromatic carbocycles. The molecule has 3 heteroatoms. The Kier molecular flexibility index (Phi) is 2.25. The van der Waals surface area contributed by atoms with Gasteiger partial charge in [0.25, 0.3) is 0 Å². The third kappa shape index (κ3) is 1.46. The van der Waals surface area contributed by atoms with Gasteiger partial charge in [-0.05, 0) is 36.8 Å². The number of Topliss-reactive ketones (excluding diaryl/α,β-unsaturated/α-hetero) is 1. The normalized spacial score (nSPS) is 37.2. The summed E-state index contributed by atoms with van der Waals surface area (Å²) in [7, 11) is 0. The van der Waals surface area contributed by atoms with Gasteiger partial charge in [-0.1, -0.05) is 13.8 Å². The van der Waals surface area contributed by atoms with Gasteiger partial charge in [0.2, 0.25) is 0 Å². The highest BCUT2D eigenvalue weighted by atomic mass is 16.3. The summed E-state index contributed by atoms with van der Waals surface area (Å²) in [5.74, 6) is 0.154. The van der Waals surface area contributed by atoms with Crippen LogP contribution in [-0.4, -0.2) is 15.9 Å². The van der Waals surface area contributed by atoms with E-state index in [1.807, 2.05) is 6.92 Å². The minimum atomic E-state index is -0.912. The first-order valence-corrected chi connectivity index (χ1v) is 6.54. The maximum atomic E-state index is 12.5. The van der Waals surface area contributed by atoms with E-state index in [4.69, 9.17) is 0 Å². The molecule has 0 radical (unpaired) electrons. The number of pyridine rings is 1. The second kappa shape index (κ2) is 3.41. The first kappa shape index (κ1) is 11.8. The number of hydrogen-bond acceptors (Lipinski definition) is 3. The van der Waals surface area contributed by atoms with Crippen LogP contribution in [0.4, 0.5) is 0 Å². The summed E-state index contributed by atoms with van der Waals surface area (Å²) in [6.07, 6.45) is 5.02. The van der Waals surface area contributed by atoms with Gasteiger partial charge in [-0.3, -0.25) is 9.78 Å². The van der Waals surface area contributed by atoms with Crippen LogP contribution in [0, 0.1) is 17.3 Å². The van der Waals surface area contributed by atoms with Crippen LogP contribution in [0.2, 0.25) is 0 Å². The van der Waals surface area contributed by atoms with Crippen LogP contribution in [-0.2, 0) is 5.60 Å². The Hall–Kier alpha value is -1.22. The molecule has 0 saturated heterocycles.